The van der Waals surface area contributed by atoms with Crippen LogP contribution in [0.5, 0.6) is 0 Å². The van der Waals surface area contributed by atoms with Crippen molar-refractivity contribution in [3.8, 4) is 11.4 Å². The number of rotatable bonds is 5. The summed E-state index contributed by atoms with van der Waals surface area (Å²) in [6.45, 7) is 4.51. The van der Waals surface area contributed by atoms with E-state index in [1.54, 1.807) is 24.7 Å². The number of hydrogen-bond donors (Lipinski definition) is 1. The molecule has 0 radical (unpaired) electrons. The molecule has 4 rings (SSSR count). The zero-order valence-electron chi connectivity index (χ0n) is 18.8. The van der Waals surface area contributed by atoms with Crippen molar-refractivity contribution in [3.05, 3.63) is 54.5 Å². The van der Waals surface area contributed by atoms with E-state index in [2.05, 4.69) is 39.1 Å². The number of anilines is 2. The molecule has 0 aromatic carbocycles. The van der Waals surface area contributed by atoms with E-state index in [0.717, 1.165) is 31.9 Å². The normalized spacial score (nSPS) is 18.4. The minimum absolute atomic E-state index is 0.147. The van der Waals surface area contributed by atoms with Crippen LogP contribution < -0.4 is 5.32 Å². The number of likely N-dealkylation sites (N-methyl/N-ethyl adjacent to an activating group) is 1. The van der Waals surface area contributed by atoms with Gasteiger partial charge in [-0.1, -0.05) is 0 Å². The standard InChI is InChI=1S/C21H23F2N7.C2H4O/c1-13-3-4-14(12-30(13)2)21-28-17(18-11-24-5-6-26-18)8-19(29-21)27-16-7-15(20(22)23)9-25-10-16;1-2-3/h5-11,13-14,20H,3-4,12H2,1-2H3,(H,27,28,29);2H,1H3/t13-,14+;/m0./s1. The number of halogens is 2. The van der Waals surface area contributed by atoms with Crippen LogP contribution in [0.25, 0.3) is 11.4 Å². The lowest BCUT2D eigenvalue weighted by Crippen LogP contribution is -2.38. The van der Waals surface area contributed by atoms with Gasteiger partial charge < -0.3 is 15.0 Å². The number of alkyl halides is 2. The van der Waals surface area contributed by atoms with Gasteiger partial charge in [0.05, 0.1) is 23.8 Å². The Morgan fingerprint density at radius 1 is 1.09 bits per heavy atom. The largest absolute Gasteiger partial charge is 0.339 e. The van der Waals surface area contributed by atoms with E-state index in [-0.39, 0.29) is 11.5 Å². The van der Waals surface area contributed by atoms with Gasteiger partial charge in [-0.05, 0) is 39.8 Å². The van der Waals surface area contributed by atoms with Crippen molar-refractivity contribution in [1.82, 2.24) is 29.8 Å². The van der Waals surface area contributed by atoms with Gasteiger partial charge in [0, 0.05) is 48.7 Å². The van der Waals surface area contributed by atoms with Crippen molar-refractivity contribution in [2.24, 2.45) is 0 Å². The monoisotopic (exact) mass is 455 g/mol. The van der Waals surface area contributed by atoms with Gasteiger partial charge in [0.25, 0.3) is 6.43 Å². The highest BCUT2D eigenvalue weighted by Gasteiger charge is 2.26. The molecule has 3 aromatic heterocycles. The summed E-state index contributed by atoms with van der Waals surface area (Å²) in [7, 11) is 2.10. The number of aromatic nitrogens is 5. The summed E-state index contributed by atoms with van der Waals surface area (Å²) < 4.78 is 26.1. The topological polar surface area (TPSA) is 96.8 Å². The Bertz CT molecular complexity index is 1050. The number of hydrogen-bond acceptors (Lipinski definition) is 8. The lowest BCUT2D eigenvalue weighted by molar-refractivity contribution is -0.106. The molecule has 1 aliphatic heterocycles. The maximum absolute atomic E-state index is 13.0. The van der Waals surface area contributed by atoms with Crippen molar-refractivity contribution in [2.75, 3.05) is 18.9 Å². The third kappa shape index (κ3) is 6.55. The molecule has 1 fully saturated rings. The summed E-state index contributed by atoms with van der Waals surface area (Å²) >= 11 is 0. The van der Waals surface area contributed by atoms with E-state index in [0.29, 0.717) is 34.8 Å². The second kappa shape index (κ2) is 11.5. The molecule has 10 heteroatoms. The highest BCUT2D eigenvalue weighted by atomic mass is 19.3. The second-order valence-corrected chi connectivity index (χ2v) is 7.82. The van der Waals surface area contributed by atoms with Gasteiger partial charge in [0.2, 0.25) is 0 Å². The van der Waals surface area contributed by atoms with Crippen LogP contribution in [0.3, 0.4) is 0 Å². The summed E-state index contributed by atoms with van der Waals surface area (Å²) in [6.07, 6.45) is 7.71. The SMILES string of the molecule is CC=O.C[C@H]1CC[C@@H](c2nc(Nc3cncc(C(F)F)c3)cc(-c3cnccn3)n2)CN1C. The second-order valence-electron chi connectivity index (χ2n) is 7.82. The van der Waals surface area contributed by atoms with E-state index < -0.39 is 6.43 Å². The highest BCUT2D eigenvalue weighted by molar-refractivity contribution is 5.63. The molecule has 8 nitrogen and oxygen atoms in total. The van der Waals surface area contributed by atoms with Gasteiger partial charge in [-0.3, -0.25) is 15.0 Å². The van der Waals surface area contributed by atoms with E-state index >= 15 is 0 Å². The number of aldehydes is 1. The van der Waals surface area contributed by atoms with Crippen LogP contribution in [-0.4, -0.2) is 55.7 Å². The lowest BCUT2D eigenvalue weighted by Gasteiger charge is -2.34. The minimum Gasteiger partial charge on any atom is -0.339 e. The van der Waals surface area contributed by atoms with Crippen molar-refractivity contribution >= 4 is 17.8 Å². The molecule has 33 heavy (non-hydrogen) atoms. The fourth-order valence-electron chi connectivity index (χ4n) is 3.56. The predicted octanol–water partition coefficient (Wildman–Crippen LogP) is 4.41. The first-order chi connectivity index (χ1) is 15.9. The molecule has 1 saturated heterocycles. The third-order valence-electron chi connectivity index (χ3n) is 5.41. The Morgan fingerprint density at radius 2 is 1.88 bits per heavy atom. The molecule has 0 unspecified atom stereocenters. The first-order valence-electron chi connectivity index (χ1n) is 10.7. The average molecular weight is 456 g/mol. The van der Waals surface area contributed by atoms with Gasteiger partial charge >= 0.3 is 0 Å². The summed E-state index contributed by atoms with van der Waals surface area (Å²) in [6, 6.07) is 3.64. The number of carbonyl (C=O) groups is 1. The maximum atomic E-state index is 13.0. The molecule has 0 amide bonds. The zero-order chi connectivity index (χ0) is 23.8. The molecule has 174 valence electrons. The molecular weight excluding hydrogens is 428 g/mol. The van der Waals surface area contributed by atoms with Crippen molar-refractivity contribution < 1.29 is 13.6 Å². The van der Waals surface area contributed by atoms with E-state index in [9.17, 15) is 8.78 Å². The van der Waals surface area contributed by atoms with E-state index in [4.69, 9.17) is 14.8 Å². The van der Waals surface area contributed by atoms with Gasteiger partial charge in [0.1, 0.15) is 23.6 Å². The van der Waals surface area contributed by atoms with Crippen LogP contribution in [0.1, 0.15) is 50.4 Å². The molecule has 2 atom stereocenters. The first-order valence-corrected chi connectivity index (χ1v) is 10.7. The zero-order valence-corrected chi connectivity index (χ0v) is 18.8. The Balaban J connectivity index is 0.000000968. The molecular formula is C23H27F2N7O. The summed E-state index contributed by atoms with van der Waals surface area (Å²) in [5, 5.41) is 3.10. The minimum atomic E-state index is -2.59. The van der Waals surface area contributed by atoms with Gasteiger partial charge in [-0.2, -0.15) is 0 Å². The summed E-state index contributed by atoms with van der Waals surface area (Å²) in [5.74, 6) is 1.39. The lowest BCUT2D eigenvalue weighted by atomic mass is 9.93. The molecule has 0 saturated carbocycles. The highest BCUT2D eigenvalue weighted by Crippen LogP contribution is 2.30. The van der Waals surface area contributed by atoms with Gasteiger partial charge in [-0.15, -0.1) is 0 Å². The van der Waals surface area contributed by atoms with Crippen molar-refractivity contribution in [1.29, 1.82) is 0 Å². The molecule has 0 spiro atoms. The quantitative estimate of drug-likeness (QED) is 0.565. The number of nitrogens with zero attached hydrogens (tertiary/aromatic N) is 6. The number of likely N-dealkylation sites (tertiary alicyclic amines) is 1. The van der Waals surface area contributed by atoms with Crippen LogP contribution in [-0.2, 0) is 4.79 Å². The van der Waals surface area contributed by atoms with E-state index in [1.807, 2.05) is 0 Å². The fraction of sp³-hybridized carbons (Fsp3) is 0.391. The molecule has 0 aliphatic carbocycles. The van der Waals surface area contributed by atoms with Gasteiger partial charge in [-0.25, -0.2) is 18.7 Å². The van der Waals surface area contributed by atoms with Gasteiger partial charge in [0.15, 0.2) is 0 Å². The van der Waals surface area contributed by atoms with Crippen LogP contribution in [0.4, 0.5) is 20.3 Å². The summed E-state index contributed by atoms with van der Waals surface area (Å²) in [4.78, 5) is 32.9. The smallest absolute Gasteiger partial charge is 0.265 e. The predicted molar refractivity (Wildman–Crippen MR) is 121 cm³/mol. The number of nitrogens with one attached hydrogen (secondary N) is 1. The Labute approximate surface area is 191 Å². The number of pyridine rings is 1. The molecule has 1 aliphatic rings. The molecule has 3 aromatic rings. The average Bonchev–Trinajstić information content (AvgIpc) is 2.82. The Kier molecular flexibility index (Phi) is 8.42. The molecule has 0 bridgehead atoms. The Hall–Kier alpha value is -3.40. The maximum Gasteiger partial charge on any atom is 0.265 e. The Morgan fingerprint density at radius 3 is 2.55 bits per heavy atom. The van der Waals surface area contributed by atoms with Crippen LogP contribution >= 0.6 is 0 Å². The molecule has 4 heterocycles. The first kappa shape index (κ1) is 24.2. The van der Waals surface area contributed by atoms with Crippen LogP contribution in [0, 0.1) is 0 Å². The molecule has 1 N–H and O–H groups in total. The third-order valence-corrected chi connectivity index (χ3v) is 5.41. The number of piperidine rings is 1. The van der Waals surface area contributed by atoms with Crippen LogP contribution in [0.15, 0.2) is 43.1 Å². The van der Waals surface area contributed by atoms with Crippen LogP contribution in [0.2, 0.25) is 0 Å². The van der Waals surface area contributed by atoms with Crippen molar-refractivity contribution in [3.63, 3.8) is 0 Å². The van der Waals surface area contributed by atoms with E-state index in [1.165, 1.54) is 19.2 Å². The number of carbonyl (C=O) groups excluding carboxylic acids is 1. The fourth-order valence-corrected chi connectivity index (χ4v) is 3.56. The summed E-state index contributed by atoms with van der Waals surface area (Å²) in [5.41, 5.74) is 1.55. The van der Waals surface area contributed by atoms with Crippen molar-refractivity contribution in [2.45, 2.75) is 45.1 Å².